The maximum Gasteiger partial charge on any atom is 0.412 e. The number of hydrogen-bond donors (Lipinski definition) is 2. The van der Waals surface area contributed by atoms with E-state index in [1.807, 2.05) is 31.4 Å². The number of nitrogens with zero attached hydrogens (tertiary/aromatic N) is 5. The van der Waals surface area contributed by atoms with E-state index < -0.39 is 6.09 Å². The summed E-state index contributed by atoms with van der Waals surface area (Å²) in [5.41, 5.74) is 2.45. The molecule has 0 unspecified atom stereocenters. The molecule has 4 rings (SSSR count). The van der Waals surface area contributed by atoms with Gasteiger partial charge in [-0.1, -0.05) is 12.1 Å². The minimum absolute atomic E-state index is 0.0586. The minimum Gasteiger partial charge on any atom is -0.465 e. The Morgan fingerprint density at radius 2 is 2.10 bits per heavy atom. The van der Waals surface area contributed by atoms with Crippen LogP contribution in [-0.4, -0.2) is 49.9 Å². The van der Waals surface area contributed by atoms with Gasteiger partial charge in [-0.2, -0.15) is 10.2 Å². The highest BCUT2D eigenvalue weighted by Crippen LogP contribution is 2.24. The molecule has 1 saturated heterocycles. The first-order chi connectivity index (χ1) is 14.5. The summed E-state index contributed by atoms with van der Waals surface area (Å²) >= 11 is 0. The number of carbonyl (C=O) groups is 1. The molecule has 0 saturated carbocycles. The Bertz CT molecular complexity index is 1100. The lowest BCUT2D eigenvalue weighted by molar-refractivity contribution is 0.197. The van der Waals surface area contributed by atoms with E-state index in [4.69, 9.17) is 0 Å². The number of piperidine rings is 1. The average molecular weight is 408 g/mol. The number of carboxylic acid groups (broad SMARTS) is 1. The third-order valence-corrected chi connectivity index (χ3v) is 5.28. The van der Waals surface area contributed by atoms with Gasteiger partial charge in [-0.15, -0.1) is 0 Å². The Morgan fingerprint density at radius 1 is 1.30 bits per heavy atom. The molecule has 9 nitrogen and oxygen atoms in total. The van der Waals surface area contributed by atoms with Crippen LogP contribution >= 0.6 is 0 Å². The second-order valence-corrected chi connectivity index (χ2v) is 7.42. The van der Waals surface area contributed by atoms with E-state index in [1.54, 1.807) is 27.8 Å². The maximum absolute atomic E-state index is 12.4. The molecule has 0 bridgehead atoms. The van der Waals surface area contributed by atoms with Crippen molar-refractivity contribution < 1.29 is 9.90 Å². The molecule has 30 heavy (non-hydrogen) atoms. The molecule has 1 amide bonds. The molecule has 2 N–H and O–H groups in total. The number of amides is 1. The molecule has 0 atom stereocenters. The normalized spacial score (nSPS) is 14.6. The van der Waals surface area contributed by atoms with Crippen molar-refractivity contribution in [3.8, 4) is 5.69 Å². The molecule has 3 aromatic rings. The summed E-state index contributed by atoms with van der Waals surface area (Å²) in [5.74, 6) is 0. The third kappa shape index (κ3) is 4.25. The Balaban J connectivity index is 1.61. The first-order valence-electron chi connectivity index (χ1n) is 9.91. The topological polar surface area (TPSA) is 105 Å². The highest BCUT2D eigenvalue weighted by atomic mass is 16.4. The zero-order valence-electron chi connectivity index (χ0n) is 16.7. The molecule has 156 valence electrons. The fourth-order valence-electron chi connectivity index (χ4n) is 3.79. The van der Waals surface area contributed by atoms with Crippen molar-refractivity contribution in [3.63, 3.8) is 0 Å². The number of aryl methyl sites for hydroxylation is 1. The van der Waals surface area contributed by atoms with Gasteiger partial charge < -0.3 is 10.4 Å². The number of anilines is 1. The van der Waals surface area contributed by atoms with Gasteiger partial charge >= 0.3 is 6.09 Å². The van der Waals surface area contributed by atoms with Crippen molar-refractivity contribution in [1.82, 2.24) is 24.9 Å². The number of nitrogens with one attached hydrogen (secondary N) is 1. The van der Waals surface area contributed by atoms with Crippen LogP contribution in [0.3, 0.4) is 0 Å². The van der Waals surface area contributed by atoms with Crippen LogP contribution in [0.15, 0.2) is 53.7 Å². The monoisotopic (exact) mass is 408 g/mol. The van der Waals surface area contributed by atoms with Crippen LogP contribution < -0.4 is 15.6 Å². The molecule has 2 aromatic heterocycles. The lowest BCUT2D eigenvalue weighted by Crippen LogP contribution is -2.45. The van der Waals surface area contributed by atoms with E-state index in [1.165, 1.54) is 11.0 Å². The Morgan fingerprint density at radius 3 is 2.80 bits per heavy atom. The predicted octanol–water partition coefficient (Wildman–Crippen LogP) is 1.79. The highest BCUT2D eigenvalue weighted by molar-refractivity contribution is 5.86. The Hall–Kier alpha value is -3.46. The van der Waals surface area contributed by atoms with Crippen LogP contribution in [0, 0.1) is 0 Å². The van der Waals surface area contributed by atoms with Crippen LogP contribution in [0.1, 0.15) is 24.1 Å². The van der Waals surface area contributed by atoms with E-state index in [0.717, 1.165) is 37.2 Å². The van der Waals surface area contributed by atoms with Crippen molar-refractivity contribution in [2.24, 2.45) is 7.05 Å². The van der Waals surface area contributed by atoms with Crippen LogP contribution in [-0.2, 0) is 13.5 Å². The first-order valence-corrected chi connectivity index (χ1v) is 9.91. The molecule has 0 aliphatic carbocycles. The molecule has 1 aliphatic heterocycles. The van der Waals surface area contributed by atoms with E-state index in [9.17, 15) is 14.7 Å². The highest BCUT2D eigenvalue weighted by Gasteiger charge is 2.26. The fraction of sp³-hybridized carbons (Fsp3) is 0.333. The van der Waals surface area contributed by atoms with Gasteiger partial charge in [0.1, 0.15) is 11.4 Å². The summed E-state index contributed by atoms with van der Waals surface area (Å²) in [6.07, 6.45) is 5.99. The van der Waals surface area contributed by atoms with Crippen molar-refractivity contribution in [2.45, 2.75) is 25.3 Å². The number of benzene rings is 1. The van der Waals surface area contributed by atoms with Crippen molar-refractivity contribution in [3.05, 3.63) is 70.4 Å². The quantitative estimate of drug-likeness (QED) is 0.667. The second-order valence-electron chi connectivity index (χ2n) is 7.42. The SMILES string of the molecule is Cn1cc(-n2ccc(=O)c(Cc3cccc(N(C(=O)O)C4CCNCC4)c3)n2)cn1. The molecule has 1 aromatic carbocycles. The lowest BCUT2D eigenvalue weighted by Gasteiger charge is -2.32. The Kier molecular flexibility index (Phi) is 5.62. The van der Waals surface area contributed by atoms with E-state index >= 15 is 0 Å². The van der Waals surface area contributed by atoms with Gasteiger partial charge in [-0.25, -0.2) is 9.48 Å². The summed E-state index contributed by atoms with van der Waals surface area (Å²) in [4.78, 5) is 25.8. The van der Waals surface area contributed by atoms with E-state index in [2.05, 4.69) is 15.5 Å². The zero-order valence-corrected chi connectivity index (χ0v) is 16.7. The summed E-state index contributed by atoms with van der Waals surface area (Å²) in [6.45, 7) is 1.60. The van der Waals surface area contributed by atoms with Crippen LogP contribution in [0.25, 0.3) is 5.69 Å². The molecule has 1 fully saturated rings. The smallest absolute Gasteiger partial charge is 0.412 e. The first kappa shape index (κ1) is 19.8. The second kappa shape index (κ2) is 8.50. The molecule has 9 heteroatoms. The minimum atomic E-state index is -0.962. The van der Waals surface area contributed by atoms with Gasteiger partial charge in [-0.05, 0) is 43.6 Å². The van der Waals surface area contributed by atoms with Gasteiger partial charge in [0, 0.05) is 37.5 Å². The van der Waals surface area contributed by atoms with Gasteiger partial charge in [-0.3, -0.25) is 14.4 Å². The molecule has 0 spiro atoms. The van der Waals surface area contributed by atoms with Gasteiger partial charge in [0.05, 0.1) is 12.4 Å². The summed E-state index contributed by atoms with van der Waals surface area (Å²) in [6, 6.07) is 8.76. The summed E-state index contributed by atoms with van der Waals surface area (Å²) in [7, 11) is 1.81. The van der Waals surface area contributed by atoms with Gasteiger partial charge in [0.25, 0.3) is 0 Å². The van der Waals surface area contributed by atoms with Gasteiger partial charge in [0.2, 0.25) is 5.43 Å². The summed E-state index contributed by atoms with van der Waals surface area (Å²) < 4.78 is 3.28. The van der Waals surface area contributed by atoms with Crippen molar-refractivity contribution >= 4 is 11.8 Å². The number of aromatic nitrogens is 4. The van der Waals surface area contributed by atoms with Crippen LogP contribution in [0.4, 0.5) is 10.5 Å². The van der Waals surface area contributed by atoms with Crippen molar-refractivity contribution in [2.75, 3.05) is 18.0 Å². The number of rotatable bonds is 5. The number of hydrogen-bond acceptors (Lipinski definition) is 5. The largest absolute Gasteiger partial charge is 0.465 e. The lowest BCUT2D eigenvalue weighted by atomic mass is 10.0. The molecular weight excluding hydrogens is 384 g/mol. The molecule has 1 aliphatic rings. The predicted molar refractivity (Wildman–Crippen MR) is 112 cm³/mol. The molecule has 3 heterocycles. The standard InChI is InChI=1S/C21H24N6O3/c1-25-14-18(13-23-25)26-10-7-20(28)19(24-26)12-15-3-2-4-17(11-15)27(21(29)30)16-5-8-22-9-6-16/h2-4,7,10-11,13-14,16,22H,5-6,8-9,12H2,1H3,(H,29,30). The van der Waals surface area contributed by atoms with E-state index in [-0.39, 0.29) is 11.5 Å². The average Bonchev–Trinajstić information content (AvgIpc) is 3.17. The fourth-order valence-corrected chi connectivity index (χ4v) is 3.79. The van der Waals surface area contributed by atoms with E-state index in [0.29, 0.717) is 17.8 Å². The van der Waals surface area contributed by atoms with Crippen molar-refractivity contribution in [1.29, 1.82) is 0 Å². The van der Waals surface area contributed by atoms with Crippen LogP contribution in [0.5, 0.6) is 0 Å². The van der Waals surface area contributed by atoms with Crippen LogP contribution in [0.2, 0.25) is 0 Å². The third-order valence-electron chi connectivity index (χ3n) is 5.28. The Labute approximate surface area is 173 Å². The molecule has 0 radical (unpaired) electrons. The maximum atomic E-state index is 12.4. The zero-order chi connectivity index (χ0) is 21.1. The van der Waals surface area contributed by atoms with Gasteiger partial charge in [0.15, 0.2) is 0 Å². The molecular formula is C21H24N6O3. The summed E-state index contributed by atoms with van der Waals surface area (Å²) in [5, 5.41) is 21.7.